The first kappa shape index (κ1) is 29.2. The van der Waals surface area contributed by atoms with E-state index in [2.05, 4.69) is 44.2 Å². The number of pyridine rings is 1. The van der Waals surface area contributed by atoms with Gasteiger partial charge in [-0.15, -0.1) is 0 Å². The number of aromatic carboxylic acids is 1. The molecule has 36 heavy (non-hydrogen) atoms. The molecule has 0 saturated carbocycles. The Labute approximate surface area is 214 Å². The van der Waals surface area contributed by atoms with Crippen molar-refractivity contribution in [1.82, 2.24) is 10.3 Å². The molecule has 2 aromatic rings. The number of ether oxygens (including phenoxy) is 1. The molecule has 0 unspecified atom stereocenters. The number of hydrogen-bond donors (Lipinski definition) is 2. The summed E-state index contributed by atoms with van der Waals surface area (Å²) in [7, 11) is -0.609. The molecule has 0 aliphatic carbocycles. The minimum absolute atomic E-state index is 0.0301. The highest BCUT2D eigenvalue weighted by Gasteiger charge is 2.39. The van der Waals surface area contributed by atoms with Gasteiger partial charge in [0.05, 0.1) is 25.3 Å². The zero-order valence-corrected chi connectivity index (χ0v) is 23.7. The third-order valence-electron chi connectivity index (χ3n) is 6.79. The summed E-state index contributed by atoms with van der Waals surface area (Å²) < 4.78 is 11.4. The van der Waals surface area contributed by atoms with Gasteiger partial charge in [0, 0.05) is 17.2 Å². The van der Waals surface area contributed by atoms with Gasteiger partial charge in [-0.2, -0.15) is 0 Å². The molecule has 0 aliphatic heterocycles. The predicted molar refractivity (Wildman–Crippen MR) is 142 cm³/mol. The van der Waals surface area contributed by atoms with Crippen LogP contribution in [-0.2, 0) is 4.43 Å². The quantitative estimate of drug-likeness (QED) is 0.338. The van der Waals surface area contributed by atoms with Crippen LogP contribution in [0, 0.1) is 5.41 Å². The van der Waals surface area contributed by atoms with E-state index in [0.717, 1.165) is 0 Å². The van der Waals surface area contributed by atoms with E-state index < -0.39 is 20.2 Å². The van der Waals surface area contributed by atoms with Gasteiger partial charge in [-0.3, -0.25) is 9.59 Å². The van der Waals surface area contributed by atoms with Gasteiger partial charge < -0.3 is 19.6 Å². The number of amides is 1. The first-order valence-electron chi connectivity index (χ1n) is 11.8. The van der Waals surface area contributed by atoms with Gasteiger partial charge in [0.15, 0.2) is 14.6 Å². The van der Waals surface area contributed by atoms with Crippen LogP contribution < -0.4 is 10.1 Å². The van der Waals surface area contributed by atoms with Crippen LogP contribution in [0.15, 0.2) is 30.3 Å². The SMILES string of the molecule is COc1ccc(-c2ccc(C(=O)N[C@H](CO[Si](C)(C)C(C)(C)C)C(C)(C)C)cc2C(=O)O)c(C=O)n1. The fourth-order valence-electron chi connectivity index (χ4n) is 3.24. The fraction of sp³-hybridized carbons (Fsp3) is 0.481. The monoisotopic (exact) mass is 514 g/mol. The molecular formula is C27H38N2O6Si. The van der Waals surface area contributed by atoms with Crippen molar-refractivity contribution in [3.63, 3.8) is 0 Å². The Kier molecular flexibility index (Phi) is 8.85. The molecule has 1 amide bonds. The van der Waals surface area contributed by atoms with Crippen LogP contribution in [0.25, 0.3) is 11.1 Å². The summed E-state index contributed by atoms with van der Waals surface area (Å²) in [4.78, 5) is 41.0. The third-order valence-corrected chi connectivity index (χ3v) is 11.3. The first-order chi connectivity index (χ1) is 16.5. The van der Waals surface area contributed by atoms with Gasteiger partial charge in [0.2, 0.25) is 5.88 Å². The zero-order valence-electron chi connectivity index (χ0n) is 22.7. The van der Waals surface area contributed by atoms with Crippen LogP contribution >= 0.6 is 0 Å². The van der Waals surface area contributed by atoms with Crippen molar-refractivity contribution < 1.29 is 28.7 Å². The maximum atomic E-state index is 13.2. The number of carbonyl (C=O) groups excluding carboxylic acids is 2. The van der Waals surface area contributed by atoms with Crippen molar-refractivity contribution in [2.75, 3.05) is 13.7 Å². The maximum Gasteiger partial charge on any atom is 0.336 e. The standard InChI is InChI=1S/C27H38N2O6Si/c1-26(2,3)22(16-35-36(8,9)27(4,5)6)29-24(31)17-10-11-18(20(14-17)25(32)33)19-12-13-23(34-7)28-21(19)15-30/h10-15,22H,16H2,1-9H3,(H,29,31)(H,32,33)/t22-/m1/s1. The van der Waals surface area contributed by atoms with Crippen molar-refractivity contribution in [3.05, 3.63) is 47.2 Å². The lowest BCUT2D eigenvalue weighted by molar-refractivity contribution is 0.0697. The van der Waals surface area contributed by atoms with Crippen molar-refractivity contribution in [2.24, 2.45) is 5.41 Å². The Morgan fingerprint density at radius 1 is 1.08 bits per heavy atom. The topological polar surface area (TPSA) is 115 Å². The van der Waals surface area contributed by atoms with Crippen molar-refractivity contribution in [3.8, 4) is 17.0 Å². The second-order valence-electron chi connectivity index (χ2n) is 11.4. The summed E-state index contributed by atoms with van der Waals surface area (Å²) in [5, 5.41) is 12.9. The lowest BCUT2D eigenvalue weighted by Crippen LogP contribution is -2.51. The van der Waals surface area contributed by atoms with E-state index in [4.69, 9.17) is 9.16 Å². The number of carboxylic acids is 1. The molecular weight excluding hydrogens is 476 g/mol. The number of rotatable bonds is 9. The first-order valence-corrected chi connectivity index (χ1v) is 14.8. The number of benzene rings is 1. The molecule has 0 aliphatic rings. The van der Waals surface area contributed by atoms with Crippen LogP contribution in [0.4, 0.5) is 0 Å². The molecule has 9 heteroatoms. The van der Waals surface area contributed by atoms with E-state index in [1.165, 1.54) is 19.2 Å². The van der Waals surface area contributed by atoms with E-state index in [9.17, 15) is 19.5 Å². The number of carboxylic acid groups (broad SMARTS) is 1. The summed E-state index contributed by atoms with van der Waals surface area (Å²) in [5.41, 5.74) is 0.468. The number of hydrogen-bond acceptors (Lipinski definition) is 6. The predicted octanol–water partition coefficient (Wildman–Crippen LogP) is 5.43. The highest BCUT2D eigenvalue weighted by atomic mass is 28.4. The van der Waals surface area contributed by atoms with E-state index >= 15 is 0 Å². The van der Waals surface area contributed by atoms with Crippen molar-refractivity contribution in [1.29, 1.82) is 0 Å². The molecule has 1 aromatic carbocycles. The van der Waals surface area contributed by atoms with E-state index in [1.54, 1.807) is 18.2 Å². The van der Waals surface area contributed by atoms with Crippen molar-refractivity contribution >= 4 is 26.5 Å². The van der Waals surface area contributed by atoms with Crippen LogP contribution in [0.3, 0.4) is 0 Å². The second kappa shape index (κ2) is 10.9. The van der Waals surface area contributed by atoms with E-state index in [0.29, 0.717) is 18.5 Å². The van der Waals surface area contributed by atoms with Gasteiger partial charge in [0.25, 0.3) is 5.91 Å². The highest BCUT2D eigenvalue weighted by Crippen LogP contribution is 2.37. The Morgan fingerprint density at radius 3 is 2.19 bits per heavy atom. The molecule has 0 radical (unpaired) electrons. The Hall–Kier alpha value is -3.04. The Balaban J connectivity index is 2.39. The molecule has 8 nitrogen and oxygen atoms in total. The third kappa shape index (κ3) is 6.79. The molecule has 0 fully saturated rings. The maximum absolute atomic E-state index is 13.2. The summed E-state index contributed by atoms with van der Waals surface area (Å²) >= 11 is 0. The van der Waals surface area contributed by atoms with Gasteiger partial charge in [-0.05, 0) is 47.3 Å². The van der Waals surface area contributed by atoms with Crippen LogP contribution in [-0.4, -0.2) is 56.3 Å². The zero-order chi connectivity index (χ0) is 27.5. The van der Waals surface area contributed by atoms with Crippen LogP contribution in [0.1, 0.15) is 72.7 Å². The number of carbonyl (C=O) groups is 3. The minimum Gasteiger partial charge on any atom is -0.481 e. The van der Waals surface area contributed by atoms with Crippen LogP contribution in [0.5, 0.6) is 5.88 Å². The molecule has 1 atom stereocenters. The molecule has 1 heterocycles. The number of nitrogens with zero attached hydrogens (tertiary/aromatic N) is 1. The molecule has 196 valence electrons. The number of nitrogens with one attached hydrogen (secondary N) is 1. The largest absolute Gasteiger partial charge is 0.481 e. The molecule has 1 aromatic heterocycles. The summed E-state index contributed by atoms with van der Waals surface area (Å²) in [5.74, 6) is -1.38. The summed E-state index contributed by atoms with van der Waals surface area (Å²) in [6.07, 6.45) is 0.542. The van der Waals surface area contributed by atoms with Crippen LogP contribution in [0.2, 0.25) is 18.1 Å². The minimum atomic E-state index is -2.03. The van der Waals surface area contributed by atoms with Crippen molar-refractivity contribution in [2.45, 2.75) is 65.7 Å². The Morgan fingerprint density at radius 2 is 1.69 bits per heavy atom. The van der Waals surface area contributed by atoms with E-state index in [-0.39, 0.29) is 44.8 Å². The molecule has 0 bridgehead atoms. The number of methoxy groups -OCH3 is 1. The lowest BCUT2D eigenvalue weighted by Gasteiger charge is -2.39. The fourth-order valence-corrected chi connectivity index (χ4v) is 4.26. The molecule has 0 saturated heterocycles. The van der Waals surface area contributed by atoms with E-state index in [1.807, 2.05) is 20.8 Å². The normalized spacial score (nSPS) is 13.1. The van der Waals surface area contributed by atoms with Gasteiger partial charge >= 0.3 is 5.97 Å². The summed E-state index contributed by atoms with van der Waals surface area (Å²) in [6, 6.07) is 7.22. The average molecular weight is 515 g/mol. The molecule has 2 rings (SSSR count). The smallest absolute Gasteiger partial charge is 0.336 e. The average Bonchev–Trinajstić information content (AvgIpc) is 2.79. The Bertz CT molecular complexity index is 1130. The summed E-state index contributed by atoms with van der Waals surface area (Å²) in [6.45, 7) is 17.2. The van der Waals surface area contributed by atoms with Gasteiger partial charge in [-0.1, -0.05) is 47.6 Å². The number of aromatic nitrogens is 1. The van der Waals surface area contributed by atoms with Gasteiger partial charge in [0.1, 0.15) is 5.69 Å². The number of aldehydes is 1. The molecule has 2 N–H and O–H groups in total. The molecule has 0 spiro atoms. The van der Waals surface area contributed by atoms with Gasteiger partial charge in [-0.25, -0.2) is 9.78 Å². The second-order valence-corrected chi connectivity index (χ2v) is 16.2. The lowest BCUT2D eigenvalue weighted by atomic mass is 9.87. The highest BCUT2D eigenvalue weighted by molar-refractivity contribution is 6.74.